The van der Waals surface area contributed by atoms with Gasteiger partial charge in [0.05, 0.1) is 22.7 Å². The molecule has 0 aliphatic carbocycles. The van der Waals surface area contributed by atoms with Crippen LogP contribution in [0.25, 0.3) is 54.6 Å². The lowest BCUT2D eigenvalue weighted by Crippen LogP contribution is -2.14. The van der Waals surface area contributed by atoms with Crippen LogP contribution in [0.15, 0.2) is 194 Å². The highest BCUT2D eigenvalue weighted by atomic mass is 15.2. The molecule has 0 aromatic heterocycles. The molecule has 0 saturated carbocycles. The molecule has 0 N–H and O–H groups in total. The summed E-state index contributed by atoms with van der Waals surface area (Å²) in [6.45, 7) is 8.91. The first-order chi connectivity index (χ1) is 28.4. The van der Waals surface area contributed by atoms with Gasteiger partial charge in [0.25, 0.3) is 0 Å². The summed E-state index contributed by atoms with van der Waals surface area (Å²) in [5.74, 6) is 0. The summed E-state index contributed by atoms with van der Waals surface area (Å²) in [5.41, 5.74) is 16.8. The van der Waals surface area contributed by atoms with Crippen molar-refractivity contribution in [3.63, 3.8) is 0 Å². The highest BCUT2D eigenvalue weighted by Gasteiger charge is 2.24. The third-order valence-electron chi connectivity index (χ3n) is 11.9. The fourth-order valence-corrected chi connectivity index (χ4v) is 9.12. The van der Waals surface area contributed by atoms with Crippen molar-refractivity contribution in [3.05, 3.63) is 216 Å². The Bertz CT molecular complexity index is 2820. The van der Waals surface area contributed by atoms with Crippen molar-refractivity contribution in [1.29, 1.82) is 0 Å². The number of hydrogen-bond acceptors (Lipinski definition) is 2. The third kappa shape index (κ3) is 5.97. The molecule has 0 amide bonds. The van der Waals surface area contributed by atoms with E-state index >= 15 is 0 Å². The van der Waals surface area contributed by atoms with Crippen molar-refractivity contribution in [1.82, 2.24) is 0 Å². The molecule has 0 saturated heterocycles. The Hall–Kier alpha value is -7.16. The van der Waals surface area contributed by atoms with Gasteiger partial charge in [0.1, 0.15) is 0 Å². The van der Waals surface area contributed by atoms with E-state index in [0.29, 0.717) is 0 Å². The fraction of sp³-hybridized carbons (Fsp3) is 0.0714. The zero-order valence-corrected chi connectivity index (χ0v) is 33.4. The topological polar surface area (TPSA) is 6.48 Å². The molecule has 58 heavy (non-hydrogen) atoms. The van der Waals surface area contributed by atoms with Gasteiger partial charge in [-0.25, -0.2) is 0 Å². The van der Waals surface area contributed by atoms with Crippen molar-refractivity contribution in [2.24, 2.45) is 0 Å². The van der Waals surface area contributed by atoms with Crippen molar-refractivity contribution < 1.29 is 0 Å². The smallest absolute Gasteiger partial charge is 0.0540 e. The molecular formula is C56H44N2. The first-order valence-electron chi connectivity index (χ1n) is 20.2. The standard InChI is InChI=1S/C56H44N2/c1-37-13-11-14-38(2)55(37)57(47-29-21-43(22-30-47)41-17-7-5-8-18-41)51-35-27-45-26-34-50-52(36-28-46-25-33-49(51)53(45)54(46)50)58(56-39(3)15-12-16-40(56)4)48-31-23-44(24-32-48)42-19-9-6-10-20-42/h5-36H,1-4H3. The Labute approximate surface area is 341 Å². The van der Waals surface area contributed by atoms with E-state index in [1.165, 1.54) is 99.6 Å². The predicted molar refractivity (Wildman–Crippen MR) is 249 cm³/mol. The monoisotopic (exact) mass is 744 g/mol. The molecule has 0 unspecified atom stereocenters. The highest BCUT2D eigenvalue weighted by Crippen LogP contribution is 2.49. The molecule has 0 radical (unpaired) electrons. The number of aryl methyl sites for hydroxylation is 4. The summed E-state index contributed by atoms with van der Waals surface area (Å²) in [7, 11) is 0. The fourth-order valence-electron chi connectivity index (χ4n) is 9.12. The van der Waals surface area contributed by atoms with E-state index in [1.807, 2.05) is 0 Å². The lowest BCUT2D eigenvalue weighted by atomic mass is 9.91. The molecule has 2 heteroatoms. The van der Waals surface area contributed by atoms with Gasteiger partial charge >= 0.3 is 0 Å². The van der Waals surface area contributed by atoms with Crippen molar-refractivity contribution in [2.75, 3.05) is 9.80 Å². The molecule has 278 valence electrons. The Balaban J connectivity index is 1.19. The Morgan fingerprint density at radius 2 is 0.603 bits per heavy atom. The summed E-state index contributed by atoms with van der Waals surface area (Å²) in [4.78, 5) is 4.95. The molecule has 10 aromatic carbocycles. The molecular weight excluding hydrogens is 701 g/mol. The molecule has 0 spiro atoms. The van der Waals surface area contributed by atoms with E-state index < -0.39 is 0 Å². The van der Waals surface area contributed by atoms with Crippen LogP contribution in [0.2, 0.25) is 0 Å². The second-order valence-corrected chi connectivity index (χ2v) is 15.6. The van der Waals surface area contributed by atoms with Crippen LogP contribution in [-0.4, -0.2) is 0 Å². The van der Waals surface area contributed by atoms with Crippen LogP contribution >= 0.6 is 0 Å². The molecule has 10 rings (SSSR count). The largest absolute Gasteiger partial charge is 0.309 e. The van der Waals surface area contributed by atoms with E-state index in [1.54, 1.807) is 0 Å². The Kier molecular flexibility index (Phi) is 8.76. The van der Waals surface area contributed by atoms with E-state index in [-0.39, 0.29) is 0 Å². The summed E-state index contributed by atoms with van der Waals surface area (Å²) in [6, 6.07) is 71.1. The molecule has 0 heterocycles. The number of rotatable bonds is 8. The first-order valence-corrected chi connectivity index (χ1v) is 20.2. The Morgan fingerprint density at radius 1 is 0.276 bits per heavy atom. The second-order valence-electron chi connectivity index (χ2n) is 15.6. The van der Waals surface area contributed by atoms with Crippen LogP contribution in [-0.2, 0) is 0 Å². The summed E-state index contributed by atoms with van der Waals surface area (Å²) >= 11 is 0. The zero-order chi connectivity index (χ0) is 39.3. The average Bonchev–Trinajstić information content (AvgIpc) is 3.26. The van der Waals surface area contributed by atoms with E-state index in [2.05, 4.69) is 232 Å². The van der Waals surface area contributed by atoms with Gasteiger partial charge in [-0.05, 0) is 130 Å². The minimum Gasteiger partial charge on any atom is -0.309 e. The van der Waals surface area contributed by atoms with Gasteiger partial charge < -0.3 is 9.80 Å². The van der Waals surface area contributed by atoms with Crippen LogP contribution < -0.4 is 9.80 Å². The number of anilines is 6. The second kappa shape index (κ2) is 14.4. The predicted octanol–water partition coefficient (Wildman–Crippen LogP) is 16.1. The normalized spacial score (nSPS) is 11.4. The van der Waals surface area contributed by atoms with Crippen molar-refractivity contribution in [3.8, 4) is 22.3 Å². The zero-order valence-electron chi connectivity index (χ0n) is 33.4. The van der Waals surface area contributed by atoms with Gasteiger partial charge in [0.2, 0.25) is 0 Å². The summed E-state index contributed by atoms with van der Waals surface area (Å²) in [6.07, 6.45) is 0. The van der Waals surface area contributed by atoms with Gasteiger partial charge in [-0.3, -0.25) is 0 Å². The van der Waals surface area contributed by atoms with Gasteiger partial charge in [-0.15, -0.1) is 0 Å². The van der Waals surface area contributed by atoms with E-state index in [0.717, 1.165) is 11.4 Å². The van der Waals surface area contributed by atoms with Crippen molar-refractivity contribution in [2.45, 2.75) is 27.7 Å². The number of hydrogen-bond donors (Lipinski definition) is 0. The SMILES string of the molecule is Cc1cccc(C)c1N(c1ccc(-c2ccccc2)cc1)c1ccc2ccc3c(N(c4ccc(-c5ccccc5)cc4)c4c(C)cccc4C)ccc4ccc1c2c43. The lowest BCUT2D eigenvalue weighted by Gasteiger charge is -2.32. The highest BCUT2D eigenvalue weighted by molar-refractivity contribution is 6.28. The van der Waals surface area contributed by atoms with Crippen LogP contribution in [0, 0.1) is 27.7 Å². The van der Waals surface area contributed by atoms with E-state index in [4.69, 9.17) is 0 Å². The number of benzene rings is 10. The quantitative estimate of drug-likeness (QED) is 0.143. The average molecular weight is 745 g/mol. The maximum Gasteiger partial charge on any atom is 0.0540 e. The van der Waals surface area contributed by atoms with Gasteiger partial charge in [-0.1, -0.05) is 158 Å². The minimum atomic E-state index is 1.13. The molecule has 10 aromatic rings. The third-order valence-corrected chi connectivity index (χ3v) is 11.9. The van der Waals surface area contributed by atoms with Crippen LogP contribution in [0.5, 0.6) is 0 Å². The minimum absolute atomic E-state index is 1.13. The first kappa shape index (κ1) is 35.3. The maximum atomic E-state index is 2.48. The molecule has 0 aliphatic rings. The molecule has 0 aliphatic heterocycles. The summed E-state index contributed by atoms with van der Waals surface area (Å²) in [5, 5.41) is 7.50. The Morgan fingerprint density at radius 3 is 0.966 bits per heavy atom. The summed E-state index contributed by atoms with van der Waals surface area (Å²) < 4.78 is 0. The van der Waals surface area contributed by atoms with Gasteiger partial charge in [-0.2, -0.15) is 0 Å². The van der Waals surface area contributed by atoms with E-state index in [9.17, 15) is 0 Å². The van der Waals surface area contributed by atoms with Gasteiger partial charge in [0, 0.05) is 22.1 Å². The maximum absolute atomic E-state index is 2.48. The molecule has 0 bridgehead atoms. The molecule has 0 fully saturated rings. The van der Waals surface area contributed by atoms with Gasteiger partial charge in [0.15, 0.2) is 0 Å². The van der Waals surface area contributed by atoms with Crippen LogP contribution in [0.1, 0.15) is 22.3 Å². The van der Waals surface area contributed by atoms with Crippen LogP contribution in [0.3, 0.4) is 0 Å². The number of nitrogens with zero attached hydrogens (tertiary/aromatic N) is 2. The molecule has 0 atom stereocenters. The molecule has 2 nitrogen and oxygen atoms in total. The lowest BCUT2D eigenvalue weighted by molar-refractivity contribution is 1.23. The number of para-hydroxylation sites is 2. The van der Waals surface area contributed by atoms with Crippen molar-refractivity contribution >= 4 is 66.4 Å². The van der Waals surface area contributed by atoms with Crippen LogP contribution in [0.4, 0.5) is 34.1 Å².